The molecule has 2 heterocycles. The smallest absolute Gasteiger partial charge is 0.292 e. The third-order valence-corrected chi connectivity index (χ3v) is 4.47. The van der Waals surface area contributed by atoms with Gasteiger partial charge in [-0.1, -0.05) is 18.2 Å². The molecule has 4 aromatic rings. The van der Waals surface area contributed by atoms with Gasteiger partial charge in [0.1, 0.15) is 5.75 Å². The SMILES string of the molecule is O=C(NCCc1c[nH]c2ccc(O)cc12)C(=O)c1c[nH]c2ccccc12. The fourth-order valence-corrected chi connectivity index (χ4v) is 3.15. The molecule has 6 heteroatoms. The number of nitrogens with one attached hydrogen (secondary N) is 3. The molecule has 1 amide bonds. The first-order chi connectivity index (χ1) is 12.6. The third kappa shape index (κ3) is 2.82. The third-order valence-electron chi connectivity index (χ3n) is 4.47. The number of benzene rings is 2. The van der Waals surface area contributed by atoms with Crippen molar-refractivity contribution >= 4 is 33.5 Å². The molecule has 0 bridgehead atoms. The molecule has 4 rings (SSSR count). The molecule has 0 saturated carbocycles. The molecular formula is C20H17N3O3. The summed E-state index contributed by atoms with van der Waals surface area (Å²) < 4.78 is 0. The van der Waals surface area contributed by atoms with E-state index in [2.05, 4.69) is 15.3 Å². The fourth-order valence-electron chi connectivity index (χ4n) is 3.15. The zero-order valence-corrected chi connectivity index (χ0v) is 13.9. The minimum atomic E-state index is -0.627. The Bertz CT molecular complexity index is 1120. The number of Topliss-reactive ketones (excluding diaryl/α,β-unsaturated/α-hetero) is 1. The molecule has 0 unspecified atom stereocenters. The lowest BCUT2D eigenvalue weighted by Gasteiger charge is -2.04. The Morgan fingerprint density at radius 3 is 2.62 bits per heavy atom. The van der Waals surface area contributed by atoms with Crippen LogP contribution in [0.15, 0.2) is 54.9 Å². The molecule has 0 saturated heterocycles. The van der Waals surface area contributed by atoms with E-state index in [1.54, 1.807) is 24.4 Å². The number of carbonyl (C=O) groups is 2. The Morgan fingerprint density at radius 1 is 0.962 bits per heavy atom. The number of aromatic amines is 2. The molecule has 6 nitrogen and oxygen atoms in total. The molecule has 0 aliphatic heterocycles. The normalized spacial score (nSPS) is 11.1. The summed E-state index contributed by atoms with van der Waals surface area (Å²) in [5.74, 6) is -0.992. The molecule has 130 valence electrons. The molecule has 0 radical (unpaired) electrons. The summed E-state index contributed by atoms with van der Waals surface area (Å²) in [5, 5.41) is 13.9. The maximum atomic E-state index is 12.4. The van der Waals surface area contributed by atoms with Crippen molar-refractivity contribution in [2.45, 2.75) is 6.42 Å². The van der Waals surface area contributed by atoms with Gasteiger partial charge in [-0.05, 0) is 36.2 Å². The van der Waals surface area contributed by atoms with Crippen molar-refractivity contribution in [2.24, 2.45) is 0 Å². The van der Waals surface area contributed by atoms with Gasteiger partial charge in [0.05, 0.1) is 5.56 Å². The van der Waals surface area contributed by atoms with Crippen LogP contribution in [0.5, 0.6) is 5.75 Å². The highest BCUT2D eigenvalue weighted by atomic mass is 16.3. The number of aromatic nitrogens is 2. The van der Waals surface area contributed by atoms with Gasteiger partial charge in [-0.15, -0.1) is 0 Å². The molecule has 0 aliphatic carbocycles. The van der Waals surface area contributed by atoms with Crippen LogP contribution in [0.4, 0.5) is 0 Å². The molecule has 0 atom stereocenters. The van der Waals surface area contributed by atoms with Crippen LogP contribution in [0.1, 0.15) is 15.9 Å². The number of phenols is 1. The average Bonchev–Trinajstić information content (AvgIpc) is 3.25. The summed E-state index contributed by atoms with van der Waals surface area (Å²) >= 11 is 0. The lowest BCUT2D eigenvalue weighted by Crippen LogP contribution is -2.32. The molecule has 0 spiro atoms. The lowest BCUT2D eigenvalue weighted by atomic mass is 10.1. The minimum absolute atomic E-state index is 0.192. The van der Waals surface area contributed by atoms with Crippen molar-refractivity contribution < 1.29 is 14.7 Å². The number of carbonyl (C=O) groups excluding carboxylic acids is 2. The van der Waals surface area contributed by atoms with Crippen LogP contribution in [0.2, 0.25) is 0 Å². The molecule has 0 fully saturated rings. The number of para-hydroxylation sites is 1. The monoisotopic (exact) mass is 347 g/mol. The summed E-state index contributed by atoms with van der Waals surface area (Å²) in [7, 11) is 0. The van der Waals surface area contributed by atoms with E-state index in [0.717, 1.165) is 27.4 Å². The summed E-state index contributed by atoms with van der Waals surface area (Å²) in [5.41, 5.74) is 3.08. The second-order valence-electron chi connectivity index (χ2n) is 6.13. The molecule has 4 N–H and O–H groups in total. The van der Waals surface area contributed by atoms with E-state index < -0.39 is 11.7 Å². The number of rotatable bonds is 5. The van der Waals surface area contributed by atoms with Gasteiger partial charge in [0, 0.05) is 40.7 Å². The zero-order valence-electron chi connectivity index (χ0n) is 13.9. The van der Waals surface area contributed by atoms with Crippen molar-refractivity contribution in [1.82, 2.24) is 15.3 Å². The number of ketones is 1. The van der Waals surface area contributed by atoms with Gasteiger partial charge in [-0.3, -0.25) is 9.59 Å². The summed E-state index contributed by atoms with van der Waals surface area (Å²) in [6.45, 7) is 0.329. The Morgan fingerprint density at radius 2 is 1.73 bits per heavy atom. The Kier molecular flexibility index (Phi) is 3.93. The summed E-state index contributed by atoms with van der Waals surface area (Å²) in [6.07, 6.45) is 3.96. The number of phenolic OH excluding ortho intramolecular Hbond substituents is 1. The molecule has 2 aromatic heterocycles. The van der Waals surface area contributed by atoms with Gasteiger partial charge >= 0.3 is 0 Å². The Balaban J connectivity index is 1.43. The van der Waals surface area contributed by atoms with Gasteiger partial charge in [0.15, 0.2) is 0 Å². The second-order valence-corrected chi connectivity index (χ2v) is 6.13. The number of fused-ring (bicyclic) bond motifs is 2. The van der Waals surface area contributed by atoms with E-state index in [4.69, 9.17) is 0 Å². The van der Waals surface area contributed by atoms with E-state index in [9.17, 15) is 14.7 Å². The van der Waals surface area contributed by atoms with Crippen molar-refractivity contribution in [3.8, 4) is 5.75 Å². The summed E-state index contributed by atoms with van der Waals surface area (Å²) in [4.78, 5) is 30.7. The van der Waals surface area contributed by atoms with Crippen LogP contribution in [0, 0.1) is 0 Å². The maximum Gasteiger partial charge on any atom is 0.292 e. The summed E-state index contributed by atoms with van der Waals surface area (Å²) in [6, 6.07) is 12.5. The fraction of sp³-hybridized carbons (Fsp3) is 0.100. The number of hydrogen-bond acceptors (Lipinski definition) is 3. The van der Waals surface area contributed by atoms with Gasteiger partial charge in [-0.2, -0.15) is 0 Å². The van der Waals surface area contributed by atoms with Gasteiger partial charge < -0.3 is 20.4 Å². The maximum absolute atomic E-state index is 12.4. The first kappa shape index (κ1) is 16.0. The highest BCUT2D eigenvalue weighted by Crippen LogP contribution is 2.23. The van der Waals surface area contributed by atoms with E-state index in [-0.39, 0.29) is 5.75 Å². The van der Waals surface area contributed by atoms with Crippen molar-refractivity contribution in [3.05, 3.63) is 66.0 Å². The van der Waals surface area contributed by atoms with Crippen LogP contribution in [0.3, 0.4) is 0 Å². The molecule has 2 aromatic carbocycles. The van der Waals surface area contributed by atoms with Crippen LogP contribution in [-0.2, 0) is 11.2 Å². The van der Waals surface area contributed by atoms with Gasteiger partial charge in [0.2, 0.25) is 0 Å². The first-order valence-corrected chi connectivity index (χ1v) is 8.31. The predicted molar refractivity (Wildman–Crippen MR) is 99.3 cm³/mol. The van der Waals surface area contributed by atoms with Crippen molar-refractivity contribution in [2.75, 3.05) is 6.54 Å². The zero-order chi connectivity index (χ0) is 18.1. The quantitative estimate of drug-likeness (QED) is 0.330. The van der Waals surface area contributed by atoms with E-state index in [1.165, 1.54) is 0 Å². The van der Waals surface area contributed by atoms with Gasteiger partial charge in [0.25, 0.3) is 11.7 Å². The van der Waals surface area contributed by atoms with Crippen LogP contribution >= 0.6 is 0 Å². The second kappa shape index (κ2) is 6.40. The van der Waals surface area contributed by atoms with Crippen molar-refractivity contribution in [1.29, 1.82) is 0 Å². The number of H-pyrrole nitrogens is 2. The number of aromatic hydroxyl groups is 1. The Hall–Kier alpha value is -3.54. The van der Waals surface area contributed by atoms with Crippen molar-refractivity contribution in [3.63, 3.8) is 0 Å². The first-order valence-electron chi connectivity index (χ1n) is 8.31. The highest BCUT2D eigenvalue weighted by molar-refractivity contribution is 6.44. The van der Waals surface area contributed by atoms with Crippen LogP contribution < -0.4 is 5.32 Å². The Labute approximate surface area is 148 Å². The number of hydrogen-bond donors (Lipinski definition) is 4. The minimum Gasteiger partial charge on any atom is -0.508 e. The van der Waals surface area contributed by atoms with Crippen LogP contribution in [0.25, 0.3) is 21.8 Å². The van der Waals surface area contributed by atoms with E-state index in [1.807, 2.05) is 30.5 Å². The molecule has 26 heavy (non-hydrogen) atoms. The lowest BCUT2D eigenvalue weighted by molar-refractivity contribution is -0.116. The van der Waals surface area contributed by atoms with Crippen LogP contribution in [-0.4, -0.2) is 33.3 Å². The standard InChI is InChI=1S/C20H17N3O3/c24-13-5-6-18-15(9-13)12(10-22-18)7-8-21-20(26)19(25)16-11-23-17-4-2-1-3-14(16)17/h1-6,9-11,22-24H,7-8H2,(H,21,26). The molecular weight excluding hydrogens is 330 g/mol. The van der Waals surface area contributed by atoms with E-state index >= 15 is 0 Å². The largest absolute Gasteiger partial charge is 0.508 e. The number of amides is 1. The average molecular weight is 347 g/mol. The molecule has 0 aliphatic rings. The highest BCUT2D eigenvalue weighted by Gasteiger charge is 2.19. The topological polar surface area (TPSA) is 98.0 Å². The van der Waals surface area contributed by atoms with Gasteiger partial charge in [-0.25, -0.2) is 0 Å². The van der Waals surface area contributed by atoms with E-state index in [0.29, 0.717) is 18.5 Å². The predicted octanol–water partition coefficient (Wildman–Crippen LogP) is 2.90.